The van der Waals surface area contributed by atoms with E-state index >= 15 is 0 Å². The lowest BCUT2D eigenvalue weighted by atomic mass is 9.76. The number of aliphatic hydroxyl groups excluding tert-OH is 1. The molecule has 0 aliphatic heterocycles. The maximum atomic E-state index is 9.21. The third kappa shape index (κ3) is 3.69. The van der Waals surface area contributed by atoms with E-state index < -0.39 is 0 Å². The summed E-state index contributed by atoms with van der Waals surface area (Å²) >= 11 is 0. The Morgan fingerprint density at radius 3 is 2.56 bits per heavy atom. The van der Waals surface area contributed by atoms with Crippen LogP contribution in [0, 0.1) is 11.8 Å². The highest BCUT2D eigenvalue weighted by Crippen LogP contribution is 2.34. The molecule has 0 radical (unpaired) electrons. The van der Waals surface area contributed by atoms with Gasteiger partial charge in [0.1, 0.15) is 0 Å². The first-order valence-electron chi connectivity index (χ1n) is 7.80. The molecule has 2 N–H and O–H groups in total. The van der Waals surface area contributed by atoms with Crippen LogP contribution in [0.2, 0.25) is 0 Å². The van der Waals surface area contributed by atoms with E-state index in [9.17, 15) is 5.11 Å². The van der Waals surface area contributed by atoms with Crippen LogP contribution in [0.15, 0.2) is 0 Å². The molecule has 0 saturated heterocycles. The zero-order valence-electron chi connectivity index (χ0n) is 12.1. The van der Waals surface area contributed by atoms with E-state index in [1.807, 2.05) is 0 Å². The predicted octanol–water partition coefficient (Wildman–Crippen LogP) is 1.86. The van der Waals surface area contributed by atoms with Crippen molar-refractivity contribution in [2.24, 2.45) is 11.8 Å². The molecule has 2 aliphatic carbocycles. The van der Waals surface area contributed by atoms with Gasteiger partial charge in [-0.2, -0.15) is 0 Å². The monoisotopic (exact) mass is 254 g/mol. The van der Waals surface area contributed by atoms with Crippen molar-refractivity contribution in [3.8, 4) is 0 Å². The zero-order valence-corrected chi connectivity index (χ0v) is 12.1. The van der Waals surface area contributed by atoms with Crippen molar-refractivity contribution < 1.29 is 5.11 Å². The maximum absolute atomic E-state index is 9.21. The second kappa shape index (κ2) is 6.88. The molecule has 2 saturated carbocycles. The largest absolute Gasteiger partial charge is 0.395 e. The average Bonchev–Trinajstić information content (AvgIpc) is 3.22. The van der Waals surface area contributed by atoms with Crippen LogP contribution in [0.25, 0.3) is 0 Å². The smallest absolute Gasteiger partial charge is 0.0558 e. The van der Waals surface area contributed by atoms with Gasteiger partial charge in [0.15, 0.2) is 0 Å². The van der Waals surface area contributed by atoms with Gasteiger partial charge in [-0.05, 0) is 51.0 Å². The third-order valence-corrected chi connectivity index (χ3v) is 4.96. The Hall–Kier alpha value is -0.120. The van der Waals surface area contributed by atoms with Crippen molar-refractivity contribution in [3.05, 3.63) is 0 Å². The predicted molar refractivity (Wildman–Crippen MR) is 75.7 cm³/mol. The Balaban J connectivity index is 1.89. The topological polar surface area (TPSA) is 35.5 Å². The van der Waals surface area contributed by atoms with Crippen molar-refractivity contribution in [1.82, 2.24) is 10.2 Å². The summed E-state index contributed by atoms with van der Waals surface area (Å²) < 4.78 is 0. The Bertz CT molecular complexity index is 243. The van der Waals surface area contributed by atoms with Crippen LogP contribution in [0.1, 0.15) is 45.4 Å². The van der Waals surface area contributed by atoms with Gasteiger partial charge in [-0.1, -0.05) is 13.3 Å². The summed E-state index contributed by atoms with van der Waals surface area (Å²) in [6, 6.07) is 1.46. The molecule has 0 aromatic carbocycles. The van der Waals surface area contributed by atoms with Gasteiger partial charge in [-0.15, -0.1) is 0 Å². The Morgan fingerprint density at radius 1 is 1.22 bits per heavy atom. The van der Waals surface area contributed by atoms with E-state index in [-0.39, 0.29) is 0 Å². The van der Waals surface area contributed by atoms with Crippen LogP contribution >= 0.6 is 0 Å². The quantitative estimate of drug-likeness (QED) is 0.728. The fourth-order valence-electron chi connectivity index (χ4n) is 3.61. The van der Waals surface area contributed by atoms with Gasteiger partial charge in [-0.3, -0.25) is 4.90 Å². The maximum Gasteiger partial charge on any atom is 0.0558 e. The third-order valence-electron chi connectivity index (χ3n) is 4.96. The molecule has 0 aromatic heterocycles. The lowest BCUT2D eigenvalue weighted by Gasteiger charge is -2.38. The number of nitrogens with zero attached hydrogens (tertiary/aromatic N) is 1. The van der Waals surface area contributed by atoms with E-state index in [4.69, 9.17) is 0 Å². The van der Waals surface area contributed by atoms with E-state index in [2.05, 4.69) is 24.2 Å². The molecular formula is C15H30N2O. The van der Waals surface area contributed by atoms with Gasteiger partial charge >= 0.3 is 0 Å². The standard InChI is InChI=1S/C15H30N2O/c1-3-12-4-7-15(16-2)13(10-12)11-17(8-9-18)14-5-6-14/h12-16,18H,3-11H2,1-2H3. The van der Waals surface area contributed by atoms with Gasteiger partial charge < -0.3 is 10.4 Å². The summed E-state index contributed by atoms with van der Waals surface area (Å²) in [6.45, 7) is 4.69. The molecule has 2 rings (SSSR count). The van der Waals surface area contributed by atoms with Gasteiger partial charge in [0, 0.05) is 25.2 Å². The SMILES string of the molecule is CCC1CCC(NC)C(CN(CCO)C2CC2)C1. The Labute approximate surface area is 112 Å². The Kier molecular flexibility index (Phi) is 5.46. The first-order chi connectivity index (χ1) is 8.78. The molecular weight excluding hydrogens is 224 g/mol. The van der Waals surface area contributed by atoms with Crippen LogP contribution in [0.4, 0.5) is 0 Å². The molecule has 2 aliphatic rings. The highest BCUT2D eigenvalue weighted by molar-refractivity contribution is 4.90. The van der Waals surface area contributed by atoms with Crippen LogP contribution in [0.3, 0.4) is 0 Å². The lowest BCUT2D eigenvalue weighted by molar-refractivity contribution is 0.119. The van der Waals surface area contributed by atoms with E-state index in [1.54, 1.807) is 0 Å². The molecule has 2 fully saturated rings. The van der Waals surface area contributed by atoms with Crippen molar-refractivity contribution in [2.75, 3.05) is 26.7 Å². The second-order valence-electron chi connectivity index (χ2n) is 6.19. The fourth-order valence-corrected chi connectivity index (χ4v) is 3.61. The molecule has 3 nitrogen and oxygen atoms in total. The zero-order chi connectivity index (χ0) is 13.0. The first-order valence-corrected chi connectivity index (χ1v) is 7.80. The van der Waals surface area contributed by atoms with Gasteiger partial charge in [0.25, 0.3) is 0 Å². The fraction of sp³-hybridized carbons (Fsp3) is 1.00. The molecule has 0 heterocycles. The molecule has 3 atom stereocenters. The van der Waals surface area contributed by atoms with Crippen LogP contribution < -0.4 is 5.32 Å². The lowest BCUT2D eigenvalue weighted by Crippen LogP contribution is -2.45. The summed E-state index contributed by atoms with van der Waals surface area (Å²) in [5.41, 5.74) is 0. The highest BCUT2D eigenvalue weighted by atomic mass is 16.3. The number of nitrogens with one attached hydrogen (secondary N) is 1. The summed E-state index contributed by atoms with van der Waals surface area (Å²) in [4.78, 5) is 2.53. The minimum absolute atomic E-state index is 0.310. The second-order valence-corrected chi connectivity index (χ2v) is 6.19. The number of aliphatic hydroxyl groups is 1. The van der Waals surface area contributed by atoms with E-state index in [1.165, 1.54) is 45.1 Å². The van der Waals surface area contributed by atoms with E-state index in [0.29, 0.717) is 12.6 Å². The molecule has 18 heavy (non-hydrogen) atoms. The molecule has 0 amide bonds. The van der Waals surface area contributed by atoms with Gasteiger partial charge in [0.2, 0.25) is 0 Å². The number of hydrogen-bond acceptors (Lipinski definition) is 3. The van der Waals surface area contributed by atoms with Gasteiger partial charge in [0.05, 0.1) is 6.61 Å². The summed E-state index contributed by atoms with van der Waals surface area (Å²) in [6.07, 6.45) is 8.11. The molecule has 0 aromatic rings. The minimum atomic E-state index is 0.310. The molecule has 0 spiro atoms. The minimum Gasteiger partial charge on any atom is -0.395 e. The summed E-state index contributed by atoms with van der Waals surface area (Å²) in [7, 11) is 2.11. The molecule has 3 heteroatoms. The molecule has 106 valence electrons. The van der Waals surface area contributed by atoms with Crippen molar-refractivity contribution in [3.63, 3.8) is 0 Å². The van der Waals surface area contributed by atoms with E-state index in [0.717, 1.165) is 24.4 Å². The normalized spacial score (nSPS) is 33.0. The Morgan fingerprint density at radius 2 is 2.00 bits per heavy atom. The van der Waals surface area contributed by atoms with Crippen molar-refractivity contribution in [1.29, 1.82) is 0 Å². The van der Waals surface area contributed by atoms with Crippen LogP contribution in [-0.4, -0.2) is 48.8 Å². The molecule has 0 bridgehead atoms. The summed E-state index contributed by atoms with van der Waals surface area (Å²) in [5, 5.41) is 12.7. The highest BCUT2D eigenvalue weighted by Gasteiger charge is 2.34. The molecule has 3 unspecified atom stereocenters. The van der Waals surface area contributed by atoms with Gasteiger partial charge in [-0.25, -0.2) is 0 Å². The first kappa shape index (κ1) is 14.3. The number of hydrogen-bond donors (Lipinski definition) is 2. The summed E-state index contributed by atoms with van der Waals surface area (Å²) in [5.74, 6) is 1.70. The van der Waals surface area contributed by atoms with Crippen molar-refractivity contribution in [2.45, 2.75) is 57.5 Å². The van der Waals surface area contributed by atoms with Crippen LogP contribution in [-0.2, 0) is 0 Å². The number of rotatable bonds is 7. The average molecular weight is 254 g/mol. The van der Waals surface area contributed by atoms with Crippen LogP contribution in [0.5, 0.6) is 0 Å². The van der Waals surface area contributed by atoms with Crippen molar-refractivity contribution >= 4 is 0 Å².